The summed E-state index contributed by atoms with van der Waals surface area (Å²) in [4.78, 5) is 29.6. The second-order valence-electron chi connectivity index (χ2n) is 7.91. The molecule has 0 aliphatic rings. The van der Waals surface area contributed by atoms with Gasteiger partial charge >= 0.3 is 0 Å². The molecular formula is C26H25N3O4. The van der Waals surface area contributed by atoms with Crippen LogP contribution in [0.2, 0.25) is 0 Å². The highest BCUT2D eigenvalue weighted by Gasteiger charge is 2.17. The van der Waals surface area contributed by atoms with Crippen LogP contribution in [0.15, 0.2) is 65.5 Å². The number of amides is 1. The van der Waals surface area contributed by atoms with Crippen molar-refractivity contribution >= 4 is 16.8 Å². The lowest BCUT2D eigenvalue weighted by Crippen LogP contribution is -2.22. The number of aromatic nitrogens is 2. The zero-order valence-electron chi connectivity index (χ0n) is 18.5. The van der Waals surface area contributed by atoms with Crippen molar-refractivity contribution in [1.82, 2.24) is 9.55 Å². The summed E-state index contributed by atoms with van der Waals surface area (Å²) < 4.78 is 7.27. The summed E-state index contributed by atoms with van der Waals surface area (Å²) in [5, 5.41) is 9.62. The number of nitrogens with zero attached hydrogens (tertiary/aromatic N) is 2. The lowest BCUT2D eigenvalue weighted by Gasteiger charge is -2.17. The minimum absolute atomic E-state index is 0.0713. The third kappa shape index (κ3) is 4.49. The molecule has 33 heavy (non-hydrogen) atoms. The lowest BCUT2D eigenvalue weighted by molar-refractivity contribution is -0.117. The van der Waals surface area contributed by atoms with Crippen LogP contribution in [-0.2, 0) is 11.2 Å². The molecule has 3 N–H and O–H groups in total. The number of ether oxygens (including phenoxy) is 1. The molecule has 168 valence electrons. The number of aliphatic hydroxyl groups excluding tert-OH is 1. The van der Waals surface area contributed by atoms with Gasteiger partial charge in [0.25, 0.3) is 5.56 Å². The fourth-order valence-corrected chi connectivity index (χ4v) is 3.98. The van der Waals surface area contributed by atoms with Crippen molar-refractivity contribution < 1.29 is 14.6 Å². The van der Waals surface area contributed by atoms with Crippen LogP contribution in [0.4, 0.5) is 0 Å². The Morgan fingerprint density at radius 3 is 2.36 bits per heavy atom. The molecule has 0 radical (unpaired) electrons. The van der Waals surface area contributed by atoms with Gasteiger partial charge in [0.2, 0.25) is 5.91 Å². The van der Waals surface area contributed by atoms with Gasteiger partial charge in [0.05, 0.1) is 29.6 Å². The van der Waals surface area contributed by atoms with Crippen molar-refractivity contribution in [3.63, 3.8) is 0 Å². The number of hydrogen-bond acceptors (Lipinski definition) is 5. The Hall–Kier alpha value is -3.97. The highest BCUT2D eigenvalue weighted by Crippen LogP contribution is 2.30. The van der Waals surface area contributed by atoms with E-state index in [1.807, 2.05) is 44.2 Å². The number of aliphatic hydroxyl groups is 1. The summed E-state index contributed by atoms with van der Waals surface area (Å²) in [6, 6.07) is 18.2. The van der Waals surface area contributed by atoms with Crippen molar-refractivity contribution in [2.75, 3.05) is 13.2 Å². The fraction of sp³-hybridized carbons (Fsp3) is 0.192. The van der Waals surface area contributed by atoms with E-state index in [2.05, 4.69) is 0 Å². The standard InChI is InChI=1S/C26H25N3O4/c1-16-13-19(14-17(2)24(16)33-12-11-30)25-28-22-6-4-3-5-21(22)26(32)29(25)20-9-7-18(8-10-20)15-23(27)31/h3-10,13-14,30H,11-12,15H2,1-2H3,(H2,27,31). The normalized spacial score (nSPS) is 11.0. The number of hydrogen-bond donors (Lipinski definition) is 2. The third-order valence-corrected chi connectivity index (χ3v) is 5.40. The molecule has 3 aromatic carbocycles. The molecule has 0 aliphatic heterocycles. The topological polar surface area (TPSA) is 107 Å². The number of rotatable bonds is 7. The number of benzene rings is 3. The molecule has 0 fully saturated rings. The van der Waals surface area contributed by atoms with Crippen LogP contribution in [0.3, 0.4) is 0 Å². The molecule has 7 heteroatoms. The summed E-state index contributed by atoms with van der Waals surface area (Å²) >= 11 is 0. The quantitative estimate of drug-likeness (QED) is 0.456. The molecular weight excluding hydrogens is 418 g/mol. The molecule has 4 aromatic rings. The maximum atomic E-state index is 13.6. The van der Waals surface area contributed by atoms with Crippen LogP contribution >= 0.6 is 0 Å². The van der Waals surface area contributed by atoms with Crippen LogP contribution in [0.25, 0.3) is 28.0 Å². The van der Waals surface area contributed by atoms with Crippen molar-refractivity contribution in [3.05, 3.63) is 87.7 Å². The molecule has 0 aliphatic carbocycles. The van der Waals surface area contributed by atoms with Crippen LogP contribution in [0.1, 0.15) is 16.7 Å². The number of aryl methyl sites for hydroxylation is 2. The zero-order valence-corrected chi connectivity index (χ0v) is 18.5. The van der Waals surface area contributed by atoms with Crippen LogP contribution in [-0.4, -0.2) is 33.8 Å². The van der Waals surface area contributed by atoms with Crippen LogP contribution in [0.5, 0.6) is 5.75 Å². The maximum absolute atomic E-state index is 13.6. The molecule has 0 bridgehead atoms. The molecule has 1 aromatic heterocycles. The van der Waals surface area contributed by atoms with Gasteiger partial charge in [0, 0.05) is 5.56 Å². The first-order valence-electron chi connectivity index (χ1n) is 10.6. The van der Waals surface area contributed by atoms with Gasteiger partial charge in [0.1, 0.15) is 18.2 Å². The lowest BCUT2D eigenvalue weighted by atomic mass is 10.0. The van der Waals surface area contributed by atoms with E-state index in [1.165, 1.54) is 0 Å². The molecule has 0 spiro atoms. The van der Waals surface area contributed by atoms with E-state index in [0.717, 1.165) is 22.3 Å². The number of para-hydroxylation sites is 1. The van der Waals surface area contributed by atoms with Gasteiger partial charge in [-0.1, -0.05) is 24.3 Å². The summed E-state index contributed by atoms with van der Waals surface area (Å²) in [6.07, 6.45) is 0.131. The summed E-state index contributed by atoms with van der Waals surface area (Å²) in [7, 11) is 0. The second kappa shape index (κ2) is 9.26. The van der Waals surface area contributed by atoms with Crippen LogP contribution < -0.4 is 16.0 Å². The van der Waals surface area contributed by atoms with Gasteiger partial charge < -0.3 is 15.6 Å². The molecule has 7 nitrogen and oxygen atoms in total. The van der Waals surface area contributed by atoms with Gasteiger partial charge in [-0.25, -0.2) is 4.98 Å². The number of carbonyl (C=O) groups is 1. The van der Waals surface area contributed by atoms with Gasteiger partial charge in [-0.2, -0.15) is 0 Å². The van der Waals surface area contributed by atoms with E-state index in [-0.39, 0.29) is 25.2 Å². The number of nitrogens with two attached hydrogens (primary N) is 1. The van der Waals surface area contributed by atoms with Gasteiger partial charge in [0.15, 0.2) is 0 Å². The maximum Gasteiger partial charge on any atom is 0.266 e. The van der Waals surface area contributed by atoms with Crippen molar-refractivity contribution in [2.45, 2.75) is 20.3 Å². The first kappa shape index (κ1) is 22.2. The van der Waals surface area contributed by atoms with E-state index < -0.39 is 5.91 Å². The predicted octanol–water partition coefficient (Wildman–Crippen LogP) is 3.07. The predicted molar refractivity (Wildman–Crippen MR) is 128 cm³/mol. The summed E-state index contributed by atoms with van der Waals surface area (Å²) in [5.41, 5.74) is 9.66. The fourth-order valence-electron chi connectivity index (χ4n) is 3.98. The van der Waals surface area contributed by atoms with Gasteiger partial charge in [-0.05, 0) is 66.9 Å². The monoisotopic (exact) mass is 443 g/mol. The summed E-state index contributed by atoms with van der Waals surface area (Å²) in [5.74, 6) is 0.794. The Kier molecular flexibility index (Phi) is 6.24. The number of fused-ring (bicyclic) bond motifs is 1. The number of carbonyl (C=O) groups excluding carboxylic acids is 1. The molecule has 1 heterocycles. The molecule has 0 unspecified atom stereocenters. The zero-order chi connectivity index (χ0) is 23.5. The van der Waals surface area contributed by atoms with E-state index in [9.17, 15) is 9.59 Å². The Morgan fingerprint density at radius 2 is 1.73 bits per heavy atom. The molecule has 0 atom stereocenters. The van der Waals surface area contributed by atoms with Crippen molar-refractivity contribution in [2.24, 2.45) is 5.73 Å². The molecule has 4 rings (SSSR count). The largest absolute Gasteiger partial charge is 0.491 e. The average Bonchev–Trinajstić information content (AvgIpc) is 2.79. The minimum atomic E-state index is -0.414. The first-order chi connectivity index (χ1) is 15.9. The van der Waals surface area contributed by atoms with Crippen molar-refractivity contribution in [3.8, 4) is 22.8 Å². The van der Waals surface area contributed by atoms with Gasteiger partial charge in [-0.15, -0.1) is 0 Å². The van der Waals surface area contributed by atoms with Crippen molar-refractivity contribution in [1.29, 1.82) is 0 Å². The Balaban J connectivity index is 1.93. The SMILES string of the molecule is Cc1cc(-c2nc3ccccc3c(=O)n2-c2ccc(CC(N)=O)cc2)cc(C)c1OCCO. The van der Waals surface area contributed by atoms with E-state index in [4.69, 9.17) is 20.6 Å². The Bertz CT molecular complexity index is 1370. The second-order valence-corrected chi connectivity index (χ2v) is 7.91. The molecule has 0 saturated carbocycles. The van der Waals surface area contributed by atoms with E-state index in [1.54, 1.807) is 34.9 Å². The van der Waals surface area contributed by atoms with Crippen LogP contribution in [0, 0.1) is 13.8 Å². The highest BCUT2D eigenvalue weighted by molar-refractivity contribution is 5.81. The Morgan fingerprint density at radius 1 is 1.06 bits per heavy atom. The summed E-state index contributed by atoms with van der Waals surface area (Å²) in [6.45, 7) is 3.98. The van der Waals surface area contributed by atoms with E-state index >= 15 is 0 Å². The minimum Gasteiger partial charge on any atom is -0.491 e. The molecule has 0 saturated heterocycles. The molecule has 1 amide bonds. The van der Waals surface area contributed by atoms with Gasteiger partial charge in [-0.3, -0.25) is 14.2 Å². The number of primary amides is 1. The highest BCUT2D eigenvalue weighted by atomic mass is 16.5. The third-order valence-electron chi connectivity index (χ3n) is 5.40. The average molecular weight is 444 g/mol. The Labute approximate surface area is 191 Å². The first-order valence-corrected chi connectivity index (χ1v) is 10.6. The smallest absolute Gasteiger partial charge is 0.266 e. The van der Waals surface area contributed by atoms with E-state index in [0.29, 0.717) is 28.2 Å².